The Hall–Kier alpha value is -1.23. The molecule has 19 heavy (non-hydrogen) atoms. The average molecular weight is 311 g/mol. The van der Waals surface area contributed by atoms with E-state index in [0.29, 0.717) is 0 Å². The molecule has 0 fully saturated rings. The van der Waals surface area contributed by atoms with E-state index in [4.69, 9.17) is 5.73 Å². The van der Waals surface area contributed by atoms with Crippen LogP contribution in [0.1, 0.15) is 0 Å². The maximum atomic E-state index is 12.9. The zero-order valence-electron chi connectivity index (χ0n) is 10.1. The summed E-state index contributed by atoms with van der Waals surface area (Å²) in [6.45, 7) is -0.303. The van der Waals surface area contributed by atoms with Gasteiger partial charge in [-0.3, -0.25) is 0 Å². The van der Waals surface area contributed by atoms with Gasteiger partial charge in [-0.05, 0) is 25.2 Å². The molecule has 0 atom stereocenters. The van der Waals surface area contributed by atoms with Crippen molar-refractivity contribution in [2.75, 3.05) is 25.1 Å². The number of sulfonamides is 2. The number of hydrogen-bond donors (Lipinski definition) is 3. The molecule has 1 rings (SSSR count). The minimum absolute atomic E-state index is 0.228. The van der Waals surface area contributed by atoms with Gasteiger partial charge in [0, 0.05) is 6.54 Å². The van der Waals surface area contributed by atoms with Crippen LogP contribution >= 0.6 is 0 Å². The van der Waals surface area contributed by atoms with E-state index in [1.165, 1.54) is 7.05 Å². The molecule has 0 heterocycles. The number of benzene rings is 1. The van der Waals surface area contributed by atoms with Gasteiger partial charge in [0.1, 0.15) is 5.82 Å². The summed E-state index contributed by atoms with van der Waals surface area (Å²) in [6.07, 6.45) is 0. The lowest BCUT2D eigenvalue weighted by Crippen LogP contribution is -2.33. The molecule has 1 aromatic rings. The maximum Gasteiger partial charge on any atom is 0.240 e. The van der Waals surface area contributed by atoms with Gasteiger partial charge in [0.25, 0.3) is 0 Å². The van der Waals surface area contributed by atoms with Crippen LogP contribution in [0.4, 0.5) is 10.1 Å². The lowest BCUT2D eigenvalue weighted by atomic mass is 10.3. The van der Waals surface area contributed by atoms with Gasteiger partial charge in [-0.25, -0.2) is 30.7 Å². The first-order valence-corrected chi connectivity index (χ1v) is 8.27. The summed E-state index contributed by atoms with van der Waals surface area (Å²) < 4.78 is 62.8. The van der Waals surface area contributed by atoms with Crippen molar-refractivity contribution in [1.82, 2.24) is 9.44 Å². The van der Waals surface area contributed by atoms with E-state index in [1.54, 1.807) is 0 Å². The summed E-state index contributed by atoms with van der Waals surface area (Å²) >= 11 is 0. The van der Waals surface area contributed by atoms with E-state index in [-0.39, 0.29) is 17.1 Å². The second kappa shape index (κ2) is 5.82. The Morgan fingerprint density at radius 1 is 1.26 bits per heavy atom. The van der Waals surface area contributed by atoms with E-state index < -0.39 is 31.6 Å². The van der Waals surface area contributed by atoms with Gasteiger partial charge < -0.3 is 5.73 Å². The molecular formula is C9H14FN3O4S2. The average Bonchev–Trinajstić information content (AvgIpc) is 2.32. The first-order chi connectivity index (χ1) is 8.68. The first kappa shape index (κ1) is 15.8. The first-order valence-electron chi connectivity index (χ1n) is 5.14. The summed E-state index contributed by atoms with van der Waals surface area (Å²) in [4.78, 5) is -0.228. The topological polar surface area (TPSA) is 118 Å². The highest BCUT2D eigenvalue weighted by Gasteiger charge is 2.16. The van der Waals surface area contributed by atoms with Gasteiger partial charge in [0.05, 0.1) is 16.3 Å². The van der Waals surface area contributed by atoms with Crippen molar-refractivity contribution >= 4 is 25.7 Å². The molecule has 0 spiro atoms. The largest absolute Gasteiger partial charge is 0.396 e. The summed E-state index contributed by atoms with van der Waals surface area (Å²) in [6, 6.07) is 2.93. The molecule has 1 aromatic carbocycles. The smallest absolute Gasteiger partial charge is 0.240 e. The SMILES string of the molecule is CNS(=O)(=O)CCNS(=O)(=O)c1ccc(F)c(N)c1. The van der Waals surface area contributed by atoms with Crippen molar-refractivity contribution < 1.29 is 21.2 Å². The van der Waals surface area contributed by atoms with E-state index in [9.17, 15) is 21.2 Å². The van der Waals surface area contributed by atoms with E-state index in [1.807, 2.05) is 0 Å². The van der Waals surface area contributed by atoms with Crippen LogP contribution in [0.2, 0.25) is 0 Å². The Kier molecular flexibility index (Phi) is 4.85. The summed E-state index contributed by atoms with van der Waals surface area (Å²) in [7, 11) is -6.19. The monoisotopic (exact) mass is 311 g/mol. The van der Waals surface area contributed by atoms with Crippen LogP contribution in [-0.2, 0) is 20.0 Å². The predicted molar refractivity (Wildman–Crippen MR) is 68.8 cm³/mol. The Morgan fingerprint density at radius 3 is 2.42 bits per heavy atom. The molecule has 10 heteroatoms. The Bertz CT molecular complexity index is 658. The molecule has 108 valence electrons. The molecule has 7 nitrogen and oxygen atoms in total. The minimum atomic E-state index is -3.92. The fourth-order valence-corrected chi connectivity index (χ4v) is 2.96. The van der Waals surface area contributed by atoms with Gasteiger partial charge in [-0.1, -0.05) is 0 Å². The van der Waals surface area contributed by atoms with Crippen LogP contribution in [0, 0.1) is 5.82 Å². The number of nitrogens with two attached hydrogens (primary N) is 1. The third-order valence-electron chi connectivity index (χ3n) is 2.25. The summed E-state index contributed by atoms with van der Waals surface area (Å²) in [5, 5.41) is 0. The molecule has 0 aliphatic heterocycles. The fraction of sp³-hybridized carbons (Fsp3) is 0.333. The van der Waals surface area contributed by atoms with Gasteiger partial charge in [0.2, 0.25) is 20.0 Å². The third-order valence-corrected chi connectivity index (χ3v) is 5.07. The molecule has 0 amide bonds. The van der Waals surface area contributed by atoms with Gasteiger partial charge in [-0.2, -0.15) is 0 Å². The molecule has 0 saturated heterocycles. The summed E-state index contributed by atoms with van der Waals surface area (Å²) in [5.74, 6) is -1.13. The number of nitrogens with one attached hydrogen (secondary N) is 2. The van der Waals surface area contributed by atoms with E-state index in [0.717, 1.165) is 18.2 Å². The molecule has 0 aliphatic rings. The van der Waals surface area contributed by atoms with Crippen LogP contribution < -0.4 is 15.2 Å². The normalized spacial score (nSPS) is 12.5. The van der Waals surface area contributed by atoms with E-state index in [2.05, 4.69) is 9.44 Å². The second-order valence-corrected chi connectivity index (χ2v) is 7.42. The predicted octanol–water partition coefficient (Wildman–Crippen LogP) is -0.765. The minimum Gasteiger partial charge on any atom is -0.396 e. The number of hydrogen-bond acceptors (Lipinski definition) is 5. The number of nitrogen functional groups attached to an aromatic ring is 1. The van der Waals surface area contributed by atoms with Crippen LogP contribution in [0.3, 0.4) is 0 Å². The number of anilines is 1. The molecule has 0 bridgehead atoms. The molecular weight excluding hydrogens is 297 g/mol. The molecule has 0 aliphatic carbocycles. The number of rotatable bonds is 6. The quantitative estimate of drug-likeness (QED) is 0.597. The molecule has 4 N–H and O–H groups in total. The zero-order valence-corrected chi connectivity index (χ0v) is 11.7. The highest BCUT2D eigenvalue weighted by molar-refractivity contribution is 7.90. The van der Waals surface area contributed by atoms with Crippen LogP contribution in [0.5, 0.6) is 0 Å². The second-order valence-electron chi connectivity index (χ2n) is 3.60. The molecule has 0 unspecified atom stereocenters. The lowest BCUT2D eigenvalue weighted by Gasteiger charge is -2.07. The Balaban J connectivity index is 2.79. The number of halogens is 1. The molecule has 0 aromatic heterocycles. The fourth-order valence-electron chi connectivity index (χ4n) is 1.18. The maximum absolute atomic E-state index is 12.9. The highest BCUT2D eigenvalue weighted by atomic mass is 32.2. The molecule has 0 saturated carbocycles. The van der Waals surface area contributed by atoms with Crippen molar-refractivity contribution in [1.29, 1.82) is 0 Å². The highest BCUT2D eigenvalue weighted by Crippen LogP contribution is 2.16. The van der Waals surface area contributed by atoms with Gasteiger partial charge >= 0.3 is 0 Å². The standard InChI is InChI=1S/C9H14FN3O4S2/c1-12-18(14,15)5-4-13-19(16,17)7-2-3-8(10)9(11)6-7/h2-3,6,12-13H,4-5,11H2,1H3. The van der Waals surface area contributed by atoms with Gasteiger partial charge in [0.15, 0.2) is 0 Å². The van der Waals surface area contributed by atoms with Crippen LogP contribution in [0.25, 0.3) is 0 Å². The zero-order chi connectivity index (χ0) is 14.7. The Labute approximate surface area is 111 Å². The van der Waals surface area contributed by atoms with Crippen molar-refractivity contribution in [3.8, 4) is 0 Å². The Morgan fingerprint density at radius 2 is 1.89 bits per heavy atom. The van der Waals surface area contributed by atoms with Crippen molar-refractivity contribution in [2.24, 2.45) is 0 Å². The van der Waals surface area contributed by atoms with E-state index >= 15 is 0 Å². The lowest BCUT2D eigenvalue weighted by molar-refractivity contribution is 0.578. The van der Waals surface area contributed by atoms with Crippen molar-refractivity contribution in [3.63, 3.8) is 0 Å². The van der Waals surface area contributed by atoms with Crippen molar-refractivity contribution in [3.05, 3.63) is 24.0 Å². The molecule has 0 radical (unpaired) electrons. The van der Waals surface area contributed by atoms with Crippen molar-refractivity contribution in [2.45, 2.75) is 4.90 Å². The van der Waals surface area contributed by atoms with Crippen LogP contribution in [-0.4, -0.2) is 36.2 Å². The van der Waals surface area contributed by atoms with Crippen LogP contribution in [0.15, 0.2) is 23.1 Å². The third kappa shape index (κ3) is 4.42. The summed E-state index contributed by atoms with van der Waals surface area (Å²) in [5.41, 5.74) is 4.96. The van der Waals surface area contributed by atoms with Gasteiger partial charge in [-0.15, -0.1) is 0 Å².